The largest absolute Gasteiger partial charge is 0.479 e. The van der Waals surface area contributed by atoms with Gasteiger partial charge in [0.05, 0.1) is 12.1 Å². The van der Waals surface area contributed by atoms with E-state index in [2.05, 4.69) is 26.2 Å². The summed E-state index contributed by atoms with van der Waals surface area (Å²) < 4.78 is 5.79. The average molecular weight is 414 g/mol. The van der Waals surface area contributed by atoms with Crippen molar-refractivity contribution in [1.82, 2.24) is 15.2 Å². The summed E-state index contributed by atoms with van der Waals surface area (Å²) in [5, 5.41) is 12.0. The first-order valence-corrected chi connectivity index (χ1v) is 8.46. The molecule has 1 aromatic rings. The van der Waals surface area contributed by atoms with Crippen LogP contribution < -0.4 is 5.32 Å². The minimum absolute atomic E-state index is 0.0920. The predicted molar refractivity (Wildman–Crippen MR) is 92.2 cm³/mol. The molecule has 0 saturated carbocycles. The second kappa shape index (κ2) is 6.99. The van der Waals surface area contributed by atoms with Crippen LogP contribution in [0.1, 0.15) is 37.6 Å². The number of rotatable bonds is 3. The predicted octanol–water partition coefficient (Wildman–Crippen LogP) is 2.04. The summed E-state index contributed by atoms with van der Waals surface area (Å²) in [5.41, 5.74) is -1.98. The summed E-state index contributed by atoms with van der Waals surface area (Å²) in [6.45, 7) is 5.11. The molecule has 2 heterocycles. The maximum atomic E-state index is 12.6. The van der Waals surface area contributed by atoms with Gasteiger partial charge in [-0.15, -0.1) is 0 Å². The van der Waals surface area contributed by atoms with Gasteiger partial charge in [0, 0.05) is 29.8 Å². The lowest BCUT2D eigenvalue weighted by atomic mass is 9.99. The molecule has 0 spiro atoms. The Labute approximate surface area is 153 Å². The molecule has 25 heavy (non-hydrogen) atoms. The third-order valence-electron chi connectivity index (χ3n) is 3.66. The van der Waals surface area contributed by atoms with E-state index < -0.39 is 23.2 Å². The monoisotopic (exact) mass is 413 g/mol. The SMILES string of the molecule is CC(C)(C)OC(=O)NC1(C(=O)O)CCN(C(=O)c2cncc(Br)c2)C1. The number of amides is 2. The molecule has 136 valence electrons. The lowest BCUT2D eigenvalue weighted by Gasteiger charge is -2.28. The molecule has 2 amide bonds. The third-order valence-corrected chi connectivity index (χ3v) is 4.09. The Bertz CT molecular complexity index is 703. The Morgan fingerprint density at radius 3 is 2.60 bits per heavy atom. The number of alkyl carbamates (subject to hydrolysis) is 1. The zero-order valence-electron chi connectivity index (χ0n) is 14.2. The summed E-state index contributed by atoms with van der Waals surface area (Å²) >= 11 is 3.24. The van der Waals surface area contributed by atoms with Crippen molar-refractivity contribution in [2.24, 2.45) is 0 Å². The van der Waals surface area contributed by atoms with E-state index in [0.717, 1.165) is 0 Å². The Morgan fingerprint density at radius 1 is 1.36 bits per heavy atom. The molecule has 1 unspecified atom stereocenters. The number of aromatic nitrogens is 1. The van der Waals surface area contributed by atoms with Crippen LogP contribution in [0.5, 0.6) is 0 Å². The molecule has 1 atom stereocenters. The van der Waals surface area contributed by atoms with Gasteiger partial charge in [-0.2, -0.15) is 0 Å². The normalized spacial score (nSPS) is 20.2. The number of carboxylic acid groups (broad SMARTS) is 1. The number of likely N-dealkylation sites (tertiary alicyclic amines) is 1. The number of aliphatic carboxylic acids is 1. The maximum absolute atomic E-state index is 12.6. The Morgan fingerprint density at radius 2 is 2.04 bits per heavy atom. The van der Waals surface area contributed by atoms with Gasteiger partial charge < -0.3 is 20.1 Å². The molecule has 1 aliphatic heterocycles. The van der Waals surface area contributed by atoms with Crippen LogP contribution in [-0.2, 0) is 9.53 Å². The molecule has 0 aromatic carbocycles. The number of carbonyl (C=O) groups is 3. The van der Waals surface area contributed by atoms with Crippen LogP contribution in [0.15, 0.2) is 22.9 Å². The summed E-state index contributed by atoms with van der Waals surface area (Å²) in [6.07, 6.45) is 2.23. The van der Waals surface area contributed by atoms with Gasteiger partial charge in [-0.25, -0.2) is 9.59 Å². The molecule has 1 fully saturated rings. The number of nitrogens with one attached hydrogen (secondary N) is 1. The summed E-state index contributed by atoms with van der Waals surface area (Å²) in [5.74, 6) is -1.55. The van der Waals surface area contributed by atoms with E-state index in [-0.39, 0.29) is 25.4 Å². The van der Waals surface area contributed by atoms with Crippen molar-refractivity contribution in [3.63, 3.8) is 0 Å². The fourth-order valence-corrected chi connectivity index (χ4v) is 2.89. The van der Waals surface area contributed by atoms with Crippen molar-refractivity contribution < 1.29 is 24.2 Å². The van der Waals surface area contributed by atoms with Crippen LogP contribution in [0.3, 0.4) is 0 Å². The molecular weight excluding hydrogens is 394 g/mol. The van der Waals surface area contributed by atoms with Crippen molar-refractivity contribution in [2.45, 2.75) is 38.3 Å². The smallest absolute Gasteiger partial charge is 0.408 e. The van der Waals surface area contributed by atoms with E-state index in [0.29, 0.717) is 10.0 Å². The topological polar surface area (TPSA) is 109 Å². The van der Waals surface area contributed by atoms with Crippen LogP contribution in [0.25, 0.3) is 0 Å². The second-order valence-corrected chi connectivity index (χ2v) is 7.80. The third kappa shape index (κ3) is 4.68. The lowest BCUT2D eigenvalue weighted by molar-refractivity contribution is -0.144. The summed E-state index contributed by atoms with van der Waals surface area (Å²) in [6, 6.07) is 1.61. The Hall–Kier alpha value is -2.16. The minimum atomic E-state index is -1.57. The zero-order valence-corrected chi connectivity index (χ0v) is 15.8. The molecular formula is C16H20BrN3O5. The second-order valence-electron chi connectivity index (χ2n) is 6.88. The van der Waals surface area contributed by atoms with Crippen molar-refractivity contribution >= 4 is 33.9 Å². The zero-order chi connectivity index (χ0) is 18.8. The Kier molecular flexibility index (Phi) is 5.36. The number of halogens is 1. The van der Waals surface area contributed by atoms with E-state index in [4.69, 9.17) is 4.74 Å². The number of carboxylic acids is 1. The first-order chi connectivity index (χ1) is 11.5. The van der Waals surface area contributed by atoms with Gasteiger partial charge in [0.1, 0.15) is 5.60 Å². The summed E-state index contributed by atoms with van der Waals surface area (Å²) in [7, 11) is 0. The van der Waals surface area contributed by atoms with E-state index >= 15 is 0 Å². The number of ether oxygens (including phenoxy) is 1. The van der Waals surface area contributed by atoms with Crippen LogP contribution in [-0.4, -0.2) is 57.2 Å². The van der Waals surface area contributed by atoms with E-state index in [1.165, 1.54) is 11.1 Å². The number of hydrogen-bond acceptors (Lipinski definition) is 5. The molecule has 2 rings (SSSR count). The number of pyridine rings is 1. The number of carbonyl (C=O) groups excluding carboxylic acids is 2. The average Bonchev–Trinajstić information content (AvgIpc) is 2.89. The molecule has 2 N–H and O–H groups in total. The van der Waals surface area contributed by atoms with Gasteiger partial charge in [0.15, 0.2) is 5.54 Å². The van der Waals surface area contributed by atoms with Crippen molar-refractivity contribution in [2.75, 3.05) is 13.1 Å². The molecule has 8 nitrogen and oxygen atoms in total. The van der Waals surface area contributed by atoms with E-state index in [1.807, 2.05) is 0 Å². The summed E-state index contributed by atoms with van der Waals surface area (Å²) in [4.78, 5) is 41.6. The van der Waals surface area contributed by atoms with Gasteiger partial charge >= 0.3 is 12.1 Å². The molecule has 1 aromatic heterocycles. The van der Waals surface area contributed by atoms with Gasteiger partial charge in [-0.3, -0.25) is 9.78 Å². The molecule has 1 saturated heterocycles. The molecule has 1 aliphatic rings. The standard InChI is InChI=1S/C16H20BrN3O5/c1-15(2,3)25-14(24)19-16(13(22)23)4-5-20(9-16)12(21)10-6-11(17)8-18-7-10/h6-8H,4-5,9H2,1-3H3,(H,19,24)(H,22,23). The van der Waals surface area contributed by atoms with Crippen molar-refractivity contribution in [1.29, 1.82) is 0 Å². The highest BCUT2D eigenvalue weighted by molar-refractivity contribution is 9.10. The van der Waals surface area contributed by atoms with Gasteiger partial charge in [0.2, 0.25) is 0 Å². The maximum Gasteiger partial charge on any atom is 0.408 e. The first kappa shape index (κ1) is 19.2. The molecule has 9 heteroatoms. The fraction of sp³-hybridized carbons (Fsp3) is 0.500. The van der Waals surface area contributed by atoms with Gasteiger partial charge in [0.25, 0.3) is 5.91 Å². The van der Waals surface area contributed by atoms with Crippen molar-refractivity contribution in [3.8, 4) is 0 Å². The van der Waals surface area contributed by atoms with Crippen LogP contribution >= 0.6 is 15.9 Å². The lowest BCUT2D eigenvalue weighted by Crippen LogP contribution is -2.57. The highest BCUT2D eigenvalue weighted by atomic mass is 79.9. The van der Waals surface area contributed by atoms with E-state index in [1.54, 1.807) is 33.0 Å². The first-order valence-electron chi connectivity index (χ1n) is 7.67. The fourth-order valence-electron chi connectivity index (χ4n) is 2.52. The highest BCUT2D eigenvalue weighted by Gasteiger charge is 2.48. The number of hydrogen-bond donors (Lipinski definition) is 2. The van der Waals surface area contributed by atoms with Crippen LogP contribution in [0.2, 0.25) is 0 Å². The number of nitrogens with zero attached hydrogens (tertiary/aromatic N) is 2. The van der Waals surface area contributed by atoms with Crippen LogP contribution in [0, 0.1) is 0 Å². The van der Waals surface area contributed by atoms with Crippen molar-refractivity contribution in [3.05, 3.63) is 28.5 Å². The quantitative estimate of drug-likeness (QED) is 0.784. The van der Waals surface area contributed by atoms with Crippen LogP contribution in [0.4, 0.5) is 4.79 Å². The Balaban J connectivity index is 2.14. The minimum Gasteiger partial charge on any atom is -0.479 e. The van der Waals surface area contributed by atoms with E-state index in [9.17, 15) is 19.5 Å². The molecule has 0 aliphatic carbocycles. The van der Waals surface area contributed by atoms with Gasteiger partial charge in [-0.05, 0) is 42.8 Å². The molecule has 0 bridgehead atoms. The van der Waals surface area contributed by atoms with Gasteiger partial charge in [-0.1, -0.05) is 0 Å². The highest BCUT2D eigenvalue weighted by Crippen LogP contribution is 2.25. The molecule has 0 radical (unpaired) electrons.